The van der Waals surface area contributed by atoms with Crippen molar-refractivity contribution in [3.63, 3.8) is 0 Å². The van der Waals surface area contributed by atoms with Crippen molar-refractivity contribution in [3.05, 3.63) is 34.3 Å². The van der Waals surface area contributed by atoms with Gasteiger partial charge in [0.15, 0.2) is 0 Å². The smallest absolute Gasteiger partial charge is 0.310 e. The summed E-state index contributed by atoms with van der Waals surface area (Å²) in [7, 11) is 0. The highest BCUT2D eigenvalue weighted by Crippen LogP contribution is 2.37. The van der Waals surface area contributed by atoms with Crippen LogP contribution >= 0.6 is 15.9 Å². The van der Waals surface area contributed by atoms with Gasteiger partial charge in [-0.05, 0) is 43.4 Å². The average Bonchev–Trinajstić information content (AvgIpc) is 2.36. The molecule has 0 heterocycles. The van der Waals surface area contributed by atoms with Crippen LogP contribution in [0.1, 0.15) is 31.2 Å². The van der Waals surface area contributed by atoms with Gasteiger partial charge in [-0.2, -0.15) is 13.2 Å². The molecule has 0 spiro atoms. The third kappa shape index (κ3) is 4.49. The molecule has 0 saturated heterocycles. The molecule has 0 aromatic heterocycles. The van der Waals surface area contributed by atoms with Crippen molar-refractivity contribution in [2.75, 3.05) is 0 Å². The lowest BCUT2D eigenvalue weighted by molar-refractivity contribution is -0.182. The monoisotopic (exact) mass is 335 g/mol. The van der Waals surface area contributed by atoms with Crippen molar-refractivity contribution in [1.29, 1.82) is 0 Å². The van der Waals surface area contributed by atoms with E-state index < -0.39 is 12.1 Å². The number of alkyl halides is 3. The molecule has 1 aromatic rings. The maximum atomic E-state index is 12.5. The SMILES string of the molecule is FC(F)(F)C1CCC(NCc2cccc(Br)c2)CC1. The van der Waals surface area contributed by atoms with Gasteiger partial charge in [-0.1, -0.05) is 28.1 Å². The van der Waals surface area contributed by atoms with Gasteiger partial charge < -0.3 is 5.32 Å². The second-order valence-corrected chi connectivity index (χ2v) is 6.02. The first-order valence-electron chi connectivity index (χ1n) is 6.49. The molecule has 1 N–H and O–H groups in total. The van der Waals surface area contributed by atoms with E-state index in [1.165, 1.54) is 0 Å². The summed E-state index contributed by atoms with van der Waals surface area (Å²) in [5.74, 6) is -1.10. The number of nitrogens with one attached hydrogen (secondary N) is 1. The van der Waals surface area contributed by atoms with Gasteiger partial charge >= 0.3 is 6.18 Å². The summed E-state index contributed by atoms with van der Waals surface area (Å²) in [5.41, 5.74) is 1.15. The quantitative estimate of drug-likeness (QED) is 0.847. The molecule has 1 aliphatic rings. The molecule has 1 saturated carbocycles. The maximum Gasteiger partial charge on any atom is 0.391 e. The van der Waals surface area contributed by atoms with Crippen LogP contribution in [0.2, 0.25) is 0 Å². The Labute approximate surface area is 119 Å². The molecule has 5 heteroatoms. The summed E-state index contributed by atoms with van der Waals surface area (Å²) < 4.78 is 38.6. The second kappa shape index (κ2) is 6.27. The molecular weight excluding hydrogens is 319 g/mol. The van der Waals surface area contributed by atoms with Gasteiger partial charge in [0.05, 0.1) is 5.92 Å². The van der Waals surface area contributed by atoms with Crippen LogP contribution in [-0.2, 0) is 6.54 Å². The third-order valence-corrected chi connectivity index (χ3v) is 4.17. The van der Waals surface area contributed by atoms with Gasteiger partial charge in [-0.15, -0.1) is 0 Å². The van der Waals surface area contributed by atoms with E-state index in [0.29, 0.717) is 19.4 Å². The highest BCUT2D eigenvalue weighted by Gasteiger charge is 2.41. The molecule has 1 nitrogen and oxygen atoms in total. The fourth-order valence-corrected chi connectivity index (χ4v) is 2.98. The molecule has 0 aliphatic heterocycles. The standard InChI is InChI=1S/C14H17BrF3N/c15-12-3-1-2-10(8-12)9-19-13-6-4-11(5-7-13)14(16,17)18/h1-3,8,11,13,19H,4-7,9H2. The zero-order chi connectivity index (χ0) is 13.9. The summed E-state index contributed by atoms with van der Waals surface area (Å²) in [6.07, 6.45) is -2.30. The molecule has 19 heavy (non-hydrogen) atoms. The van der Waals surface area contributed by atoms with E-state index in [4.69, 9.17) is 0 Å². The summed E-state index contributed by atoms with van der Waals surface area (Å²) in [6, 6.07) is 8.16. The van der Waals surface area contributed by atoms with Crippen LogP contribution in [0.5, 0.6) is 0 Å². The van der Waals surface area contributed by atoms with Crippen molar-refractivity contribution < 1.29 is 13.2 Å². The van der Waals surface area contributed by atoms with E-state index in [1.807, 2.05) is 24.3 Å². The van der Waals surface area contributed by atoms with Gasteiger partial charge in [-0.3, -0.25) is 0 Å². The fraction of sp³-hybridized carbons (Fsp3) is 0.571. The molecule has 0 bridgehead atoms. The maximum absolute atomic E-state index is 12.5. The Hall–Kier alpha value is -0.550. The molecule has 0 unspecified atom stereocenters. The fourth-order valence-electron chi connectivity index (χ4n) is 2.53. The van der Waals surface area contributed by atoms with Crippen molar-refractivity contribution in [2.24, 2.45) is 5.92 Å². The molecule has 1 fully saturated rings. The number of halogens is 4. The van der Waals surface area contributed by atoms with Crippen molar-refractivity contribution >= 4 is 15.9 Å². The highest BCUT2D eigenvalue weighted by molar-refractivity contribution is 9.10. The number of hydrogen-bond donors (Lipinski definition) is 1. The average molecular weight is 336 g/mol. The minimum absolute atomic E-state index is 0.206. The predicted molar refractivity (Wildman–Crippen MR) is 72.8 cm³/mol. The Bertz CT molecular complexity index is 411. The van der Waals surface area contributed by atoms with Crippen molar-refractivity contribution in [2.45, 2.75) is 44.4 Å². The normalized spacial score (nSPS) is 24.4. The Morgan fingerprint density at radius 2 is 1.84 bits per heavy atom. The predicted octanol–water partition coefficient (Wildman–Crippen LogP) is 4.66. The summed E-state index contributed by atoms with van der Waals surface area (Å²) in [4.78, 5) is 0. The lowest BCUT2D eigenvalue weighted by atomic mass is 9.85. The van der Waals surface area contributed by atoms with Gasteiger partial charge in [0, 0.05) is 17.1 Å². The Morgan fingerprint density at radius 1 is 1.16 bits per heavy atom. The minimum Gasteiger partial charge on any atom is -0.310 e. The summed E-state index contributed by atoms with van der Waals surface area (Å²) in [5, 5.41) is 3.35. The minimum atomic E-state index is -4.02. The zero-order valence-corrected chi connectivity index (χ0v) is 12.1. The van der Waals surface area contributed by atoms with Crippen LogP contribution in [0.25, 0.3) is 0 Å². The molecule has 0 atom stereocenters. The van der Waals surface area contributed by atoms with E-state index in [0.717, 1.165) is 10.0 Å². The number of hydrogen-bond acceptors (Lipinski definition) is 1. The second-order valence-electron chi connectivity index (χ2n) is 5.10. The molecule has 1 aromatic carbocycles. The van der Waals surface area contributed by atoms with Gasteiger partial charge in [0.25, 0.3) is 0 Å². The van der Waals surface area contributed by atoms with Crippen LogP contribution in [0.4, 0.5) is 13.2 Å². The number of rotatable bonds is 3. The van der Waals surface area contributed by atoms with E-state index in [-0.39, 0.29) is 18.9 Å². The molecule has 1 aliphatic carbocycles. The first-order chi connectivity index (χ1) is 8.95. The van der Waals surface area contributed by atoms with Crippen LogP contribution in [0.15, 0.2) is 28.7 Å². The zero-order valence-electron chi connectivity index (χ0n) is 10.5. The molecule has 2 rings (SSSR count). The Kier molecular flexibility index (Phi) is 4.90. The van der Waals surface area contributed by atoms with Gasteiger partial charge in [-0.25, -0.2) is 0 Å². The topological polar surface area (TPSA) is 12.0 Å². The highest BCUT2D eigenvalue weighted by atomic mass is 79.9. The van der Waals surface area contributed by atoms with Crippen molar-refractivity contribution in [1.82, 2.24) is 5.32 Å². The lowest BCUT2D eigenvalue weighted by Crippen LogP contribution is -2.36. The third-order valence-electron chi connectivity index (χ3n) is 3.67. The summed E-state index contributed by atoms with van der Waals surface area (Å²) >= 11 is 3.41. The summed E-state index contributed by atoms with van der Waals surface area (Å²) in [6.45, 7) is 0.709. The van der Waals surface area contributed by atoms with E-state index >= 15 is 0 Å². The van der Waals surface area contributed by atoms with Gasteiger partial charge in [0.1, 0.15) is 0 Å². The van der Waals surface area contributed by atoms with Crippen LogP contribution < -0.4 is 5.32 Å². The Morgan fingerprint density at radius 3 is 2.42 bits per heavy atom. The van der Waals surface area contributed by atoms with Crippen LogP contribution in [0.3, 0.4) is 0 Å². The van der Waals surface area contributed by atoms with E-state index in [1.54, 1.807) is 0 Å². The molecule has 0 amide bonds. The molecular formula is C14H17BrF3N. The van der Waals surface area contributed by atoms with Crippen LogP contribution in [-0.4, -0.2) is 12.2 Å². The van der Waals surface area contributed by atoms with Gasteiger partial charge in [0.2, 0.25) is 0 Å². The molecule has 0 radical (unpaired) electrons. The molecule has 106 valence electrons. The van der Waals surface area contributed by atoms with E-state index in [2.05, 4.69) is 21.2 Å². The first kappa shape index (κ1) is 14.9. The van der Waals surface area contributed by atoms with Crippen molar-refractivity contribution in [3.8, 4) is 0 Å². The van der Waals surface area contributed by atoms with E-state index in [9.17, 15) is 13.2 Å². The lowest BCUT2D eigenvalue weighted by Gasteiger charge is -2.30. The number of benzene rings is 1. The first-order valence-corrected chi connectivity index (χ1v) is 7.29. The Balaban J connectivity index is 1.77. The largest absolute Gasteiger partial charge is 0.391 e. The van der Waals surface area contributed by atoms with Crippen LogP contribution in [0, 0.1) is 5.92 Å².